The molecule has 0 saturated carbocycles. The third-order valence-electron chi connectivity index (χ3n) is 4.94. The van der Waals surface area contributed by atoms with E-state index in [-0.39, 0.29) is 11.6 Å². The molecule has 0 spiro atoms. The Labute approximate surface area is 151 Å². The van der Waals surface area contributed by atoms with Crippen LogP contribution in [0.5, 0.6) is 0 Å². The van der Waals surface area contributed by atoms with Crippen molar-refractivity contribution in [3.8, 4) is 0 Å². The molecule has 0 unspecified atom stereocenters. The normalized spacial score (nSPS) is 15.3. The van der Waals surface area contributed by atoms with E-state index in [1.165, 1.54) is 0 Å². The van der Waals surface area contributed by atoms with E-state index in [4.69, 9.17) is 0 Å². The summed E-state index contributed by atoms with van der Waals surface area (Å²) >= 11 is 0. The van der Waals surface area contributed by atoms with Crippen LogP contribution in [0.4, 0.5) is 5.82 Å². The van der Waals surface area contributed by atoms with E-state index in [0.29, 0.717) is 6.54 Å². The summed E-state index contributed by atoms with van der Waals surface area (Å²) in [6.45, 7) is 4.26. The largest absolute Gasteiger partial charge is 0.355 e. The van der Waals surface area contributed by atoms with Crippen molar-refractivity contribution in [1.29, 1.82) is 0 Å². The summed E-state index contributed by atoms with van der Waals surface area (Å²) < 4.78 is 1.77. The number of piperidine rings is 1. The van der Waals surface area contributed by atoms with E-state index in [1.54, 1.807) is 4.57 Å². The van der Waals surface area contributed by atoms with Crippen LogP contribution in [0, 0.1) is 6.92 Å². The van der Waals surface area contributed by atoms with Crippen LogP contribution in [0.3, 0.4) is 0 Å². The number of aryl methyl sites for hydroxylation is 1. The zero-order valence-electron chi connectivity index (χ0n) is 14.8. The first-order valence-electron chi connectivity index (χ1n) is 8.95. The summed E-state index contributed by atoms with van der Waals surface area (Å²) in [6.07, 6.45) is 1.88. The standard InChI is InChI=1S/C19H22N6O/c1-14-7-8-17(21-20-14)24-11-9-16(10-12-24)18-22-23-19(26)25(18)13-15-5-3-2-4-6-15/h2-8,16H,9-13H2,1H3,(H,23,26). The monoisotopic (exact) mass is 350 g/mol. The summed E-state index contributed by atoms with van der Waals surface area (Å²) in [5, 5.41) is 15.4. The smallest absolute Gasteiger partial charge is 0.343 e. The number of H-pyrrole nitrogens is 1. The van der Waals surface area contributed by atoms with Gasteiger partial charge in [-0.25, -0.2) is 9.89 Å². The van der Waals surface area contributed by atoms with E-state index in [0.717, 1.165) is 48.8 Å². The van der Waals surface area contributed by atoms with E-state index in [9.17, 15) is 4.79 Å². The molecular weight excluding hydrogens is 328 g/mol. The molecule has 2 aromatic heterocycles. The van der Waals surface area contributed by atoms with Gasteiger partial charge in [0.2, 0.25) is 0 Å². The predicted molar refractivity (Wildman–Crippen MR) is 99.3 cm³/mol. The van der Waals surface area contributed by atoms with Crippen molar-refractivity contribution in [2.24, 2.45) is 0 Å². The van der Waals surface area contributed by atoms with E-state index in [1.807, 2.05) is 49.4 Å². The van der Waals surface area contributed by atoms with Crippen molar-refractivity contribution < 1.29 is 0 Å². The first-order valence-corrected chi connectivity index (χ1v) is 8.95. The van der Waals surface area contributed by atoms with Crippen molar-refractivity contribution in [2.75, 3.05) is 18.0 Å². The zero-order valence-corrected chi connectivity index (χ0v) is 14.8. The van der Waals surface area contributed by atoms with E-state index >= 15 is 0 Å². The number of aromatic nitrogens is 5. The van der Waals surface area contributed by atoms with Crippen LogP contribution in [-0.4, -0.2) is 38.1 Å². The molecule has 3 aromatic rings. The van der Waals surface area contributed by atoms with E-state index in [2.05, 4.69) is 25.3 Å². The highest BCUT2D eigenvalue weighted by Crippen LogP contribution is 2.28. The number of benzene rings is 1. The molecule has 1 aliphatic heterocycles. The van der Waals surface area contributed by atoms with Crippen molar-refractivity contribution in [1.82, 2.24) is 25.0 Å². The summed E-state index contributed by atoms with van der Waals surface area (Å²) in [6, 6.07) is 14.0. The van der Waals surface area contributed by atoms with Gasteiger partial charge in [-0.05, 0) is 37.5 Å². The van der Waals surface area contributed by atoms with Crippen molar-refractivity contribution in [3.63, 3.8) is 0 Å². The van der Waals surface area contributed by atoms with Crippen LogP contribution in [-0.2, 0) is 6.54 Å². The summed E-state index contributed by atoms with van der Waals surface area (Å²) in [5.74, 6) is 2.04. The van der Waals surface area contributed by atoms with E-state index < -0.39 is 0 Å². The Morgan fingerprint density at radius 3 is 2.54 bits per heavy atom. The van der Waals surface area contributed by atoms with Crippen LogP contribution in [0.1, 0.15) is 35.8 Å². The highest BCUT2D eigenvalue weighted by molar-refractivity contribution is 5.38. The van der Waals surface area contributed by atoms with Gasteiger partial charge in [0.15, 0.2) is 5.82 Å². The number of aromatic amines is 1. The van der Waals surface area contributed by atoms with Crippen molar-refractivity contribution in [2.45, 2.75) is 32.2 Å². The van der Waals surface area contributed by atoms with Crippen molar-refractivity contribution >= 4 is 5.82 Å². The Morgan fingerprint density at radius 2 is 1.85 bits per heavy atom. The lowest BCUT2D eigenvalue weighted by Crippen LogP contribution is -2.35. The summed E-state index contributed by atoms with van der Waals surface area (Å²) in [5.41, 5.74) is 1.88. The number of hydrogen-bond donors (Lipinski definition) is 1. The molecule has 1 fully saturated rings. The zero-order chi connectivity index (χ0) is 17.9. The Hall–Kier alpha value is -2.96. The Kier molecular flexibility index (Phi) is 4.51. The maximum atomic E-state index is 12.2. The summed E-state index contributed by atoms with van der Waals surface area (Å²) in [4.78, 5) is 14.5. The van der Waals surface area contributed by atoms with Crippen LogP contribution in [0.2, 0.25) is 0 Å². The quantitative estimate of drug-likeness (QED) is 0.779. The molecule has 0 atom stereocenters. The van der Waals surface area contributed by atoms with Gasteiger partial charge in [-0.15, -0.1) is 5.10 Å². The highest BCUT2D eigenvalue weighted by Gasteiger charge is 2.26. The van der Waals surface area contributed by atoms with Crippen LogP contribution in [0.25, 0.3) is 0 Å². The van der Waals surface area contributed by atoms with Gasteiger partial charge in [-0.2, -0.15) is 10.2 Å². The molecule has 26 heavy (non-hydrogen) atoms. The van der Waals surface area contributed by atoms with Gasteiger partial charge in [0.05, 0.1) is 12.2 Å². The Balaban J connectivity index is 1.48. The molecule has 0 radical (unpaired) electrons. The average molecular weight is 350 g/mol. The number of anilines is 1. The topological polar surface area (TPSA) is 79.7 Å². The van der Waals surface area contributed by atoms with Gasteiger partial charge in [-0.3, -0.25) is 4.57 Å². The van der Waals surface area contributed by atoms with Gasteiger partial charge >= 0.3 is 5.69 Å². The third kappa shape index (κ3) is 3.37. The molecule has 1 saturated heterocycles. The maximum absolute atomic E-state index is 12.2. The second kappa shape index (κ2) is 7.11. The molecule has 134 valence electrons. The molecule has 3 heterocycles. The minimum Gasteiger partial charge on any atom is -0.355 e. The minimum atomic E-state index is -0.143. The third-order valence-corrected chi connectivity index (χ3v) is 4.94. The molecule has 1 aromatic carbocycles. The molecular formula is C19H22N6O. The molecule has 1 aliphatic rings. The SMILES string of the molecule is Cc1ccc(N2CCC(c3n[nH]c(=O)n3Cc3ccccc3)CC2)nn1. The fourth-order valence-electron chi connectivity index (χ4n) is 3.49. The predicted octanol–water partition coefficient (Wildman–Crippen LogP) is 2.10. The molecule has 0 amide bonds. The summed E-state index contributed by atoms with van der Waals surface area (Å²) in [7, 11) is 0. The first-order chi connectivity index (χ1) is 12.7. The van der Waals surface area contributed by atoms with Gasteiger partial charge in [-0.1, -0.05) is 30.3 Å². The highest BCUT2D eigenvalue weighted by atomic mass is 16.1. The molecule has 7 nitrogen and oxygen atoms in total. The fourth-order valence-corrected chi connectivity index (χ4v) is 3.49. The van der Waals surface area contributed by atoms with Crippen LogP contribution < -0.4 is 10.6 Å². The average Bonchev–Trinajstić information content (AvgIpc) is 3.04. The van der Waals surface area contributed by atoms with Gasteiger partial charge < -0.3 is 4.90 Å². The lowest BCUT2D eigenvalue weighted by molar-refractivity contribution is 0.465. The Bertz CT molecular complexity index is 907. The molecule has 7 heteroatoms. The maximum Gasteiger partial charge on any atom is 0.343 e. The van der Waals surface area contributed by atoms with Gasteiger partial charge in [0.25, 0.3) is 0 Å². The van der Waals surface area contributed by atoms with Crippen LogP contribution in [0.15, 0.2) is 47.3 Å². The lowest BCUT2D eigenvalue weighted by Gasteiger charge is -2.32. The molecule has 0 aliphatic carbocycles. The molecule has 1 N–H and O–H groups in total. The lowest BCUT2D eigenvalue weighted by atomic mass is 9.95. The van der Waals surface area contributed by atoms with Gasteiger partial charge in [0.1, 0.15) is 5.82 Å². The molecule has 4 rings (SSSR count). The number of nitrogens with one attached hydrogen (secondary N) is 1. The first kappa shape index (κ1) is 16.5. The van der Waals surface area contributed by atoms with Crippen LogP contribution >= 0.6 is 0 Å². The number of rotatable bonds is 4. The minimum absolute atomic E-state index is 0.143. The second-order valence-electron chi connectivity index (χ2n) is 6.75. The number of hydrogen-bond acceptors (Lipinski definition) is 5. The molecule has 0 bridgehead atoms. The second-order valence-corrected chi connectivity index (χ2v) is 6.75. The fraction of sp³-hybridized carbons (Fsp3) is 0.368. The Morgan fingerprint density at radius 1 is 1.08 bits per heavy atom. The number of nitrogens with zero attached hydrogens (tertiary/aromatic N) is 5. The van der Waals surface area contributed by atoms with Crippen molar-refractivity contribution in [3.05, 3.63) is 70.0 Å². The van der Waals surface area contributed by atoms with Gasteiger partial charge in [0, 0.05) is 19.0 Å².